The van der Waals surface area contributed by atoms with Crippen LogP contribution in [0.5, 0.6) is 0 Å². The fourth-order valence-corrected chi connectivity index (χ4v) is 5.00. The average Bonchev–Trinajstić information content (AvgIpc) is 3.11. The lowest BCUT2D eigenvalue weighted by atomic mass is 9.96. The molecule has 0 bridgehead atoms. The summed E-state index contributed by atoms with van der Waals surface area (Å²) in [5, 5.41) is 1.90. The van der Waals surface area contributed by atoms with Gasteiger partial charge in [-0.05, 0) is 55.7 Å². The van der Waals surface area contributed by atoms with Gasteiger partial charge in [-0.1, -0.05) is 24.3 Å². The molecule has 4 rings (SSSR count). The lowest BCUT2D eigenvalue weighted by Crippen LogP contribution is -2.42. The molecule has 26 heavy (non-hydrogen) atoms. The summed E-state index contributed by atoms with van der Waals surface area (Å²) >= 11 is 1.64. The maximum absolute atomic E-state index is 12.8. The molecule has 0 unspecified atom stereocenters. The Balaban J connectivity index is 1.42. The Morgan fingerprint density at radius 3 is 2.73 bits per heavy atom. The quantitative estimate of drug-likeness (QED) is 0.774. The zero-order chi connectivity index (χ0) is 18.1. The zero-order valence-corrected chi connectivity index (χ0v) is 15.8. The first-order valence-corrected chi connectivity index (χ1v) is 10.2. The summed E-state index contributed by atoms with van der Waals surface area (Å²) in [6, 6.07) is 8.20. The molecule has 0 radical (unpaired) electrons. The SMILES string of the molecule is C[C@H](OC(=O)c1csc2c1CCCC2)C(=O)N1CCc2ccccc2C1. The van der Waals surface area contributed by atoms with E-state index in [-0.39, 0.29) is 11.9 Å². The van der Waals surface area contributed by atoms with E-state index in [0.29, 0.717) is 18.7 Å². The summed E-state index contributed by atoms with van der Waals surface area (Å²) < 4.78 is 5.54. The van der Waals surface area contributed by atoms with Crippen molar-refractivity contribution in [2.24, 2.45) is 0 Å². The third kappa shape index (κ3) is 3.28. The highest BCUT2D eigenvalue weighted by molar-refractivity contribution is 7.10. The second kappa shape index (κ2) is 7.23. The molecule has 4 nitrogen and oxygen atoms in total. The topological polar surface area (TPSA) is 46.6 Å². The minimum Gasteiger partial charge on any atom is -0.449 e. The lowest BCUT2D eigenvalue weighted by molar-refractivity contribution is -0.140. The maximum Gasteiger partial charge on any atom is 0.340 e. The molecule has 1 aromatic heterocycles. The van der Waals surface area contributed by atoms with Gasteiger partial charge in [-0.2, -0.15) is 0 Å². The van der Waals surface area contributed by atoms with E-state index in [1.54, 1.807) is 23.2 Å². The number of ether oxygens (including phenoxy) is 1. The van der Waals surface area contributed by atoms with Gasteiger partial charge >= 0.3 is 5.97 Å². The van der Waals surface area contributed by atoms with Crippen molar-refractivity contribution in [3.05, 3.63) is 56.8 Å². The van der Waals surface area contributed by atoms with E-state index in [1.807, 2.05) is 17.5 Å². The Bertz CT molecular complexity index is 842. The van der Waals surface area contributed by atoms with Gasteiger partial charge in [0.1, 0.15) is 0 Å². The first-order valence-electron chi connectivity index (χ1n) is 9.29. The summed E-state index contributed by atoms with van der Waals surface area (Å²) in [7, 11) is 0. The molecule has 0 spiro atoms. The summed E-state index contributed by atoms with van der Waals surface area (Å²) in [4.78, 5) is 28.4. The largest absolute Gasteiger partial charge is 0.449 e. The Morgan fingerprint density at radius 1 is 1.12 bits per heavy atom. The molecular formula is C21H23NO3S. The normalized spacial score (nSPS) is 17.2. The van der Waals surface area contributed by atoms with Crippen LogP contribution >= 0.6 is 11.3 Å². The molecule has 2 aromatic rings. The third-order valence-corrected chi connectivity index (χ3v) is 6.44. The van der Waals surface area contributed by atoms with E-state index < -0.39 is 6.10 Å². The Kier molecular flexibility index (Phi) is 4.81. The van der Waals surface area contributed by atoms with Gasteiger partial charge in [0.05, 0.1) is 5.56 Å². The molecule has 2 heterocycles. The van der Waals surface area contributed by atoms with Crippen LogP contribution in [0.25, 0.3) is 0 Å². The maximum atomic E-state index is 12.8. The van der Waals surface area contributed by atoms with Crippen molar-refractivity contribution in [1.82, 2.24) is 4.90 Å². The van der Waals surface area contributed by atoms with Crippen molar-refractivity contribution in [2.75, 3.05) is 6.54 Å². The minimum atomic E-state index is -0.757. The molecule has 1 aliphatic heterocycles. The number of rotatable bonds is 3. The number of fused-ring (bicyclic) bond motifs is 2. The van der Waals surface area contributed by atoms with Crippen molar-refractivity contribution in [3.63, 3.8) is 0 Å². The molecule has 2 aliphatic rings. The first kappa shape index (κ1) is 17.3. The van der Waals surface area contributed by atoms with Crippen molar-refractivity contribution < 1.29 is 14.3 Å². The monoisotopic (exact) mass is 369 g/mol. The van der Waals surface area contributed by atoms with Gasteiger partial charge in [0.15, 0.2) is 6.10 Å². The van der Waals surface area contributed by atoms with Gasteiger partial charge in [-0.15, -0.1) is 11.3 Å². The number of benzene rings is 1. The highest BCUT2D eigenvalue weighted by Gasteiger charge is 2.29. The Labute approximate surface area is 157 Å². The molecule has 0 saturated carbocycles. The standard InChI is InChI=1S/C21H23NO3S/c1-14(20(23)22-11-10-15-6-2-3-7-16(15)12-22)25-21(24)18-13-26-19-9-5-4-8-17(18)19/h2-3,6-7,13-14H,4-5,8-12H2,1H3/t14-/m0/s1. The molecule has 0 saturated heterocycles. The van der Waals surface area contributed by atoms with E-state index in [4.69, 9.17) is 4.74 Å². The van der Waals surface area contributed by atoms with Crippen molar-refractivity contribution >= 4 is 23.2 Å². The van der Waals surface area contributed by atoms with Crippen LogP contribution in [-0.4, -0.2) is 29.4 Å². The third-order valence-electron chi connectivity index (χ3n) is 5.36. The van der Waals surface area contributed by atoms with Gasteiger partial charge in [0.25, 0.3) is 5.91 Å². The fourth-order valence-electron chi connectivity index (χ4n) is 3.88. The van der Waals surface area contributed by atoms with Crippen LogP contribution in [0.1, 0.15) is 51.7 Å². The molecule has 1 aliphatic carbocycles. The Hall–Kier alpha value is -2.14. The number of hydrogen-bond acceptors (Lipinski definition) is 4. The fraction of sp³-hybridized carbons (Fsp3) is 0.429. The number of aryl methyl sites for hydroxylation is 1. The van der Waals surface area contributed by atoms with E-state index in [9.17, 15) is 9.59 Å². The highest BCUT2D eigenvalue weighted by Crippen LogP contribution is 2.31. The molecule has 1 amide bonds. The highest BCUT2D eigenvalue weighted by atomic mass is 32.1. The van der Waals surface area contributed by atoms with Gasteiger partial charge in [-0.3, -0.25) is 4.79 Å². The number of amides is 1. The van der Waals surface area contributed by atoms with E-state index >= 15 is 0 Å². The number of hydrogen-bond donors (Lipinski definition) is 0. The molecule has 0 N–H and O–H groups in total. The van der Waals surface area contributed by atoms with Crippen LogP contribution in [0.4, 0.5) is 0 Å². The second-order valence-corrected chi connectivity index (χ2v) is 8.05. The van der Waals surface area contributed by atoms with Crippen molar-refractivity contribution in [1.29, 1.82) is 0 Å². The number of carbonyl (C=O) groups excluding carboxylic acids is 2. The molecule has 0 fully saturated rings. The van der Waals surface area contributed by atoms with Crippen LogP contribution in [0.2, 0.25) is 0 Å². The van der Waals surface area contributed by atoms with Crippen molar-refractivity contribution in [3.8, 4) is 0 Å². The van der Waals surface area contributed by atoms with Gasteiger partial charge < -0.3 is 9.64 Å². The Morgan fingerprint density at radius 2 is 1.88 bits per heavy atom. The van der Waals surface area contributed by atoms with Crippen LogP contribution < -0.4 is 0 Å². The average molecular weight is 369 g/mol. The van der Waals surface area contributed by atoms with E-state index in [0.717, 1.165) is 31.2 Å². The summed E-state index contributed by atoms with van der Waals surface area (Å²) in [5.41, 5.74) is 4.27. The predicted molar refractivity (Wildman–Crippen MR) is 101 cm³/mol. The van der Waals surface area contributed by atoms with Crippen LogP contribution in [0.15, 0.2) is 29.6 Å². The van der Waals surface area contributed by atoms with Gasteiger partial charge in [0, 0.05) is 23.3 Å². The number of esters is 1. The molecular weight excluding hydrogens is 346 g/mol. The zero-order valence-electron chi connectivity index (χ0n) is 15.0. The van der Waals surface area contributed by atoms with Crippen LogP contribution in [-0.2, 0) is 35.3 Å². The van der Waals surface area contributed by atoms with Gasteiger partial charge in [0.2, 0.25) is 0 Å². The summed E-state index contributed by atoms with van der Waals surface area (Å²) in [5.74, 6) is -0.473. The van der Waals surface area contributed by atoms with Crippen molar-refractivity contribution in [2.45, 2.75) is 51.7 Å². The number of thiophene rings is 1. The predicted octanol–water partition coefficient (Wildman–Crippen LogP) is 3.76. The lowest BCUT2D eigenvalue weighted by Gasteiger charge is -2.30. The molecule has 1 aromatic carbocycles. The van der Waals surface area contributed by atoms with Crippen LogP contribution in [0.3, 0.4) is 0 Å². The summed E-state index contributed by atoms with van der Waals surface area (Å²) in [6.07, 6.45) is 4.38. The van der Waals surface area contributed by atoms with Gasteiger partial charge in [-0.25, -0.2) is 4.79 Å². The smallest absolute Gasteiger partial charge is 0.340 e. The van der Waals surface area contributed by atoms with E-state index in [2.05, 4.69) is 12.1 Å². The molecule has 136 valence electrons. The minimum absolute atomic E-state index is 0.114. The van der Waals surface area contributed by atoms with E-state index in [1.165, 1.54) is 22.4 Å². The number of nitrogens with zero attached hydrogens (tertiary/aromatic N) is 1. The van der Waals surface area contributed by atoms with Crippen LogP contribution in [0, 0.1) is 0 Å². The second-order valence-electron chi connectivity index (χ2n) is 7.08. The summed E-state index contributed by atoms with van der Waals surface area (Å²) in [6.45, 7) is 2.94. The molecule has 1 atom stereocenters. The first-order chi connectivity index (χ1) is 12.6. The molecule has 5 heteroatoms. The number of carbonyl (C=O) groups is 2.